The van der Waals surface area contributed by atoms with Crippen LogP contribution in [-0.2, 0) is 4.79 Å². The van der Waals surface area contributed by atoms with E-state index in [1.807, 2.05) is 64.1 Å². The van der Waals surface area contributed by atoms with Gasteiger partial charge in [-0.3, -0.25) is 9.69 Å². The van der Waals surface area contributed by atoms with Crippen LogP contribution in [0, 0.1) is 13.8 Å². The molecule has 30 heavy (non-hydrogen) atoms. The summed E-state index contributed by atoms with van der Waals surface area (Å²) in [5.74, 6) is 1.29. The number of hydrogen-bond acceptors (Lipinski definition) is 5. The second kappa shape index (κ2) is 9.67. The average molecular weight is 442 g/mol. The standard InChI is InChI=1S/C24H27NO3S2/c1-6-17(5)28-20-11-9-18(13-21(20)27-7-2)14-22-23(26)25(24(29)30-22)19-10-8-15(3)12-16(19)4/h8-14,17H,6-7H2,1-5H3/b22-14-/t17-/m1/s1. The Morgan fingerprint density at radius 2 is 1.90 bits per heavy atom. The molecule has 0 radical (unpaired) electrons. The van der Waals surface area contributed by atoms with E-state index in [0.717, 1.165) is 28.8 Å². The molecule has 0 bridgehead atoms. The lowest BCUT2D eigenvalue weighted by molar-refractivity contribution is -0.113. The van der Waals surface area contributed by atoms with Crippen LogP contribution in [-0.4, -0.2) is 22.9 Å². The number of anilines is 1. The zero-order chi connectivity index (χ0) is 21.8. The van der Waals surface area contributed by atoms with E-state index in [1.165, 1.54) is 11.8 Å². The molecule has 0 unspecified atom stereocenters. The Morgan fingerprint density at radius 3 is 2.57 bits per heavy atom. The fourth-order valence-corrected chi connectivity index (χ4v) is 4.45. The van der Waals surface area contributed by atoms with Crippen LogP contribution < -0.4 is 14.4 Å². The lowest BCUT2D eigenvalue weighted by Crippen LogP contribution is -2.28. The number of carbonyl (C=O) groups is 1. The molecule has 3 rings (SSSR count). The molecule has 1 fully saturated rings. The van der Waals surface area contributed by atoms with Crippen molar-refractivity contribution in [1.82, 2.24) is 0 Å². The number of hydrogen-bond donors (Lipinski definition) is 0. The Hall–Kier alpha value is -2.31. The van der Waals surface area contributed by atoms with Crippen molar-refractivity contribution >= 4 is 46.0 Å². The SMILES string of the molecule is CCOc1cc(/C=C2\SC(=S)N(c3ccc(C)cc3C)C2=O)ccc1O[C@H](C)CC. The number of amides is 1. The second-order valence-electron chi connectivity index (χ2n) is 7.28. The number of rotatable bonds is 7. The van der Waals surface area contributed by atoms with Crippen molar-refractivity contribution in [2.45, 2.75) is 47.1 Å². The van der Waals surface area contributed by atoms with Gasteiger partial charge in [0.05, 0.1) is 23.3 Å². The van der Waals surface area contributed by atoms with Crippen LogP contribution >= 0.6 is 24.0 Å². The van der Waals surface area contributed by atoms with Crippen molar-refractivity contribution in [2.24, 2.45) is 0 Å². The number of nitrogens with zero attached hydrogens (tertiary/aromatic N) is 1. The van der Waals surface area contributed by atoms with Crippen molar-refractivity contribution in [3.8, 4) is 11.5 Å². The number of carbonyl (C=O) groups excluding carboxylic acids is 1. The monoisotopic (exact) mass is 441 g/mol. The minimum atomic E-state index is -0.102. The van der Waals surface area contributed by atoms with Crippen molar-refractivity contribution in [2.75, 3.05) is 11.5 Å². The zero-order valence-electron chi connectivity index (χ0n) is 18.0. The maximum atomic E-state index is 13.1. The Balaban J connectivity index is 1.90. The first-order chi connectivity index (χ1) is 14.3. The molecule has 0 spiro atoms. The predicted octanol–water partition coefficient (Wildman–Crippen LogP) is 6.29. The third-order valence-electron chi connectivity index (χ3n) is 4.86. The highest BCUT2D eigenvalue weighted by Gasteiger charge is 2.34. The van der Waals surface area contributed by atoms with E-state index >= 15 is 0 Å². The number of aryl methyl sites for hydroxylation is 2. The number of ether oxygens (including phenoxy) is 2. The molecule has 1 aliphatic heterocycles. The van der Waals surface area contributed by atoms with Crippen LogP contribution in [0.2, 0.25) is 0 Å². The van der Waals surface area contributed by atoms with Gasteiger partial charge >= 0.3 is 0 Å². The Labute approximate surface area is 188 Å². The third-order valence-corrected chi connectivity index (χ3v) is 6.16. The van der Waals surface area contributed by atoms with Crippen molar-refractivity contribution < 1.29 is 14.3 Å². The molecule has 158 valence electrons. The van der Waals surface area contributed by atoms with Crippen molar-refractivity contribution in [1.29, 1.82) is 0 Å². The molecule has 1 amide bonds. The van der Waals surface area contributed by atoms with Crippen LogP contribution in [0.4, 0.5) is 5.69 Å². The van der Waals surface area contributed by atoms with Gasteiger partial charge < -0.3 is 9.47 Å². The molecule has 1 aliphatic rings. The van der Waals surface area contributed by atoms with E-state index in [-0.39, 0.29) is 12.0 Å². The first-order valence-electron chi connectivity index (χ1n) is 10.1. The first kappa shape index (κ1) is 22.4. The quantitative estimate of drug-likeness (QED) is 0.373. The summed E-state index contributed by atoms with van der Waals surface area (Å²) >= 11 is 6.84. The summed E-state index contributed by atoms with van der Waals surface area (Å²) in [7, 11) is 0. The second-order valence-corrected chi connectivity index (χ2v) is 8.96. The molecule has 4 nitrogen and oxygen atoms in total. The molecular formula is C24H27NO3S2. The van der Waals surface area contributed by atoms with Gasteiger partial charge in [0.1, 0.15) is 0 Å². The maximum absolute atomic E-state index is 13.1. The Morgan fingerprint density at radius 1 is 1.13 bits per heavy atom. The molecule has 2 aromatic rings. The Bertz CT molecular complexity index is 1000. The summed E-state index contributed by atoms with van der Waals surface area (Å²) in [4.78, 5) is 15.3. The minimum Gasteiger partial charge on any atom is -0.490 e. The number of thioether (sulfide) groups is 1. The summed E-state index contributed by atoms with van der Waals surface area (Å²) in [5.41, 5.74) is 3.88. The summed E-state index contributed by atoms with van der Waals surface area (Å²) < 4.78 is 12.3. The first-order valence-corrected chi connectivity index (χ1v) is 11.3. The minimum absolute atomic E-state index is 0.101. The molecule has 6 heteroatoms. The lowest BCUT2D eigenvalue weighted by atomic mass is 10.1. The van der Waals surface area contributed by atoms with Crippen LogP contribution in [0.5, 0.6) is 11.5 Å². The van der Waals surface area contributed by atoms with Crippen molar-refractivity contribution in [3.05, 3.63) is 58.0 Å². The van der Waals surface area contributed by atoms with Crippen LogP contribution in [0.1, 0.15) is 43.9 Å². The fraction of sp³-hybridized carbons (Fsp3) is 0.333. The van der Waals surface area contributed by atoms with Gasteiger partial charge in [0.15, 0.2) is 15.8 Å². The van der Waals surface area contributed by atoms with Gasteiger partial charge in [-0.05, 0) is 69.5 Å². The van der Waals surface area contributed by atoms with Crippen LogP contribution in [0.15, 0.2) is 41.3 Å². The maximum Gasteiger partial charge on any atom is 0.270 e. The topological polar surface area (TPSA) is 38.8 Å². The Kier molecular flexibility index (Phi) is 7.21. The van der Waals surface area contributed by atoms with Crippen LogP contribution in [0.25, 0.3) is 6.08 Å². The molecular weight excluding hydrogens is 414 g/mol. The highest BCUT2D eigenvalue weighted by Crippen LogP contribution is 2.38. The number of benzene rings is 2. The molecule has 1 saturated heterocycles. The van der Waals surface area contributed by atoms with Gasteiger partial charge in [-0.25, -0.2) is 0 Å². The smallest absolute Gasteiger partial charge is 0.270 e. The van der Waals surface area contributed by atoms with Gasteiger partial charge in [0.2, 0.25) is 0 Å². The summed E-state index contributed by atoms with van der Waals surface area (Å²) in [6, 6.07) is 11.7. The van der Waals surface area contributed by atoms with Gasteiger partial charge in [-0.2, -0.15) is 0 Å². The van der Waals surface area contributed by atoms with Gasteiger partial charge in [0, 0.05) is 0 Å². The van der Waals surface area contributed by atoms with Crippen LogP contribution in [0.3, 0.4) is 0 Å². The molecule has 0 aromatic heterocycles. The van der Waals surface area contributed by atoms with E-state index in [1.54, 1.807) is 4.90 Å². The van der Waals surface area contributed by atoms with Gasteiger partial charge in [-0.15, -0.1) is 0 Å². The largest absolute Gasteiger partial charge is 0.490 e. The van der Waals surface area contributed by atoms with E-state index in [2.05, 4.69) is 13.0 Å². The predicted molar refractivity (Wildman–Crippen MR) is 130 cm³/mol. The molecule has 2 aromatic carbocycles. The molecule has 1 heterocycles. The average Bonchev–Trinajstić information content (AvgIpc) is 2.97. The van der Waals surface area contributed by atoms with Gasteiger partial charge in [-0.1, -0.05) is 54.7 Å². The lowest BCUT2D eigenvalue weighted by Gasteiger charge is -2.17. The molecule has 0 aliphatic carbocycles. The van der Waals surface area contributed by atoms with E-state index in [0.29, 0.717) is 27.3 Å². The van der Waals surface area contributed by atoms with E-state index in [4.69, 9.17) is 21.7 Å². The summed E-state index contributed by atoms with van der Waals surface area (Å²) in [5, 5.41) is 0. The van der Waals surface area contributed by atoms with E-state index in [9.17, 15) is 4.79 Å². The highest BCUT2D eigenvalue weighted by atomic mass is 32.2. The fourth-order valence-electron chi connectivity index (χ4n) is 3.16. The summed E-state index contributed by atoms with van der Waals surface area (Å²) in [6.07, 6.45) is 2.87. The normalized spacial score (nSPS) is 16.3. The van der Waals surface area contributed by atoms with E-state index < -0.39 is 0 Å². The molecule has 1 atom stereocenters. The molecule has 0 N–H and O–H groups in total. The number of thiocarbonyl (C=S) groups is 1. The van der Waals surface area contributed by atoms with Crippen molar-refractivity contribution in [3.63, 3.8) is 0 Å². The summed E-state index contributed by atoms with van der Waals surface area (Å²) in [6.45, 7) is 10.6. The highest BCUT2D eigenvalue weighted by molar-refractivity contribution is 8.27. The van der Waals surface area contributed by atoms with Gasteiger partial charge in [0.25, 0.3) is 5.91 Å². The third kappa shape index (κ3) is 4.87. The zero-order valence-corrected chi connectivity index (χ0v) is 19.7. The molecule has 0 saturated carbocycles.